The van der Waals surface area contributed by atoms with Crippen LogP contribution in [0.15, 0.2) is 18.7 Å². The quantitative estimate of drug-likeness (QED) is 0.409. The molecule has 0 unspecified atom stereocenters. The first-order valence-electron chi connectivity index (χ1n) is 6.22. The van der Waals surface area contributed by atoms with E-state index in [0.29, 0.717) is 11.6 Å². The van der Waals surface area contributed by atoms with E-state index in [1.807, 2.05) is 30.9 Å². The van der Waals surface area contributed by atoms with Crippen molar-refractivity contribution in [2.24, 2.45) is 5.84 Å². The van der Waals surface area contributed by atoms with Crippen molar-refractivity contribution in [2.75, 3.05) is 17.3 Å². The van der Waals surface area contributed by atoms with Crippen molar-refractivity contribution in [1.29, 1.82) is 0 Å². The molecule has 0 bridgehead atoms. The van der Waals surface area contributed by atoms with Crippen molar-refractivity contribution < 1.29 is 0 Å². The van der Waals surface area contributed by atoms with E-state index in [-0.39, 0.29) is 0 Å². The summed E-state index contributed by atoms with van der Waals surface area (Å²) in [4.78, 5) is 12.6. The molecule has 7 nitrogen and oxygen atoms in total. The normalized spacial score (nSPS) is 10.5. The van der Waals surface area contributed by atoms with Gasteiger partial charge in [0.2, 0.25) is 0 Å². The first-order chi connectivity index (χ1) is 9.20. The van der Waals surface area contributed by atoms with Gasteiger partial charge in [0.1, 0.15) is 17.5 Å². The zero-order valence-electron chi connectivity index (χ0n) is 11.2. The molecule has 2 heterocycles. The number of nitrogens with two attached hydrogens (primary N) is 1. The van der Waals surface area contributed by atoms with E-state index in [0.717, 1.165) is 30.9 Å². The van der Waals surface area contributed by atoms with E-state index in [4.69, 9.17) is 5.84 Å². The zero-order chi connectivity index (χ0) is 13.7. The molecule has 0 radical (unpaired) electrons. The highest BCUT2D eigenvalue weighted by atomic mass is 15.3. The van der Waals surface area contributed by atoms with Crippen molar-refractivity contribution in [1.82, 2.24) is 19.5 Å². The molecule has 0 aliphatic heterocycles. The van der Waals surface area contributed by atoms with Crippen LogP contribution in [0.5, 0.6) is 0 Å². The van der Waals surface area contributed by atoms with Crippen LogP contribution < -0.4 is 16.6 Å². The molecule has 0 aliphatic rings. The highest BCUT2D eigenvalue weighted by molar-refractivity contribution is 5.56. The number of nitrogen functional groups attached to an aromatic ring is 1. The summed E-state index contributed by atoms with van der Waals surface area (Å²) in [6, 6.07) is 0. The molecule has 0 spiro atoms. The average Bonchev–Trinajstić information content (AvgIpc) is 2.91. The van der Waals surface area contributed by atoms with Crippen LogP contribution in [-0.2, 0) is 6.54 Å². The smallest absolute Gasteiger partial charge is 0.148 e. The maximum absolute atomic E-state index is 5.43. The molecule has 4 N–H and O–H groups in total. The second kappa shape index (κ2) is 6.14. The fourth-order valence-electron chi connectivity index (χ4n) is 1.83. The molecule has 0 aliphatic carbocycles. The second-order valence-corrected chi connectivity index (χ2v) is 4.32. The lowest BCUT2D eigenvalue weighted by Gasteiger charge is -2.12. The van der Waals surface area contributed by atoms with Gasteiger partial charge in [-0.2, -0.15) is 0 Å². The van der Waals surface area contributed by atoms with E-state index in [1.54, 1.807) is 6.20 Å². The number of hydrazine groups is 1. The molecule has 102 valence electrons. The molecule has 0 saturated heterocycles. The van der Waals surface area contributed by atoms with Crippen molar-refractivity contribution in [3.63, 3.8) is 0 Å². The van der Waals surface area contributed by atoms with Gasteiger partial charge < -0.3 is 15.3 Å². The SMILES string of the molecule is Cc1nc(NN)c(C)c(NCCCn2ccnc2)n1. The van der Waals surface area contributed by atoms with Crippen LogP contribution >= 0.6 is 0 Å². The van der Waals surface area contributed by atoms with Gasteiger partial charge >= 0.3 is 0 Å². The molecule has 19 heavy (non-hydrogen) atoms. The van der Waals surface area contributed by atoms with Crippen LogP contribution in [0, 0.1) is 13.8 Å². The van der Waals surface area contributed by atoms with Gasteiger partial charge in [0.15, 0.2) is 0 Å². The first kappa shape index (κ1) is 13.3. The van der Waals surface area contributed by atoms with Gasteiger partial charge in [0, 0.05) is 31.0 Å². The predicted octanol–water partition coefficient (Wildman–Crippen LogP) is 1.08. The summed E-state index contributed by atoms with van der Waals surface area (Å²) in [6.45, 7) is 5.54. The van der Waals surface area contributed by atoms with Gasteiger partial charge in [0.05, 0.1) is 6.33 Å². The number of hydrogen-bond acceptors (Lipinski definition) is 6. The Hall–Kier alpha value is -2.15. The fourth-order valence-corrected chi connectivity index (χ4v) is 1.83. The molecular weight excluding hydrogens is 242 g/mol. The Labute approximate surface area is 112 Å². The fraction of sp³-hybridized carbons (Fsp3) is 0.417. The largest absolute Gasteiger partial charge is 0.370 e. The number of rotatable bonds is 6. The van der Waals surface area contributed by atoms with Gasteiger partial charge in [0.25, 0.3) is 0 Å². The van der Waals surface area contributed by atoms with Crippen LogP contribution in [0.4, 0.5) is 11.6 Å². The summed E-state index contributed by atoms with van der Waals surface area (Å²) in [6.07, 6.45) is 6.54. The summed E-state index contributed by atoms with van der Waals surface area (Å²) in [7, 11) is 0. The van der Waals surface area contributed by atoms with E-state index in [9.17, 15) is 0 Å². The standard InChI is InChI=1S/C12H19N7/c1-9-11(16-10(2)17-12(9)18-13)15-4-3-6-19-7-5-14-8-19/h5,7-8H,3-4,6,13H2,1-2H3,(H2,15,16,17,18). The summed E-state index contributed by atoms with van der Waals surface area (Å²) in [5.41, 5.74) is 3.51. The zero-order valence-corrected chi connectivity index (χ0v) is 11.2. The molecule has 7 heteroatoms. The number of imidazole rings is 1. The summed E-state index contributed by atoms with van der Waals surface area (Å²) < 4.78 is 2.05. The molecular formula is C12H19N7. The lowest BCUT2D eigenvalue weighted by Crippen LogP contribution is -2.15. The Kier molecular flexibility index (Phi) is 4.30. The minimum Gasteiger partial charge on any atom is -0.370 e. The maximum Gasteiger partial charge on any atom is 0.148 e. The lowest BCUT2D eigenvalue weighted by atomic mass is 10.3. The Bertz CT molecular complexity index is 521. The van der Waals surface area contributed by atoms with Gasteiger partial charge in [-0.25, -0.2) is 20.8 Å². The predicted molar refractivity (Wildman–Crippen MR) is 74.6 cm³/mol. The van der Waals surface area contributed by atoms with Gasteiger partial charge in [-0.3, -0.25) is 0 Å². The first-order valence-corrected chi connectivity index (χ1v) is 6.22. The number of nitrogens with zero attached hydrogens (tertiary/aromatic N) is 4. The summed E-state index contributed by atoms with van der Waals surface area (Å²) in [5.74, 6) is 7.60. The molecule has 2 aromatic rings. The number of aryl methyl sites for hydroxylation is 2. The Morgan fingerprint density at radius 3 is 2.74 bits per heavy atom. The van der Waals surface area contributed by atoms with E-state index < -0.39 is 0 Å². The molecule has 0 amide bonds. The Balaban J connectivity index is 1.90. The van der Waals surface area contributed by atoms with Crippen molar-refractivity contribution in [3.05, 3.63) is 30.1 Å². The minimum absolute atomic E-state index is 0.657. The monoisotopic (exact) mass is 261 g/mol. The number of anilines is 2. The van der Waals surface area contributed by atoms with E-state index >= 15 is 0 Å². The minimum atomic E-state index is 0.657. The molecule has 0 atom stereocenters. The summed E-state index contributed by atoms with van der Waals surface area (Å²) in [5, 5.41) is 3.31. The van der Waals surface area contributed by atoms with Gasteiger partial charge in [-0.15, -0.1) is 0 Å². The molecule has 0 fully saturated rings. The lowest BCUT2D eigenvalue weighted by molar-refractivity contribution is 0.659. The average molecular weight is 261 g/mol. The van der Waals surface area contributed by atoms with E-state index in [2.05, 4.69) is 25.7 Å². The van der Waals surface area contributed by atoms with Crippen LogP contribution in [0.2, 0.25) is 0 Å². The van der Waals surface area contributed by atoms with Gasteiger partial charge in [-0.1, -0.05) is 0 Å². The highest BCUT2D eigenvalue weighted by Gasteiger charge is 2.07. The third kappa shape index (κ3) is 3.41. The highest BCUT2D eigenvalue weighted by Crippen LogP contribution is 2.18. The second-order valence-electron chi connectivity index (χ2n) is 4.32. The molecule has 0 saturated carbocycles. The van der Waals surface area contributed by atoms with Crippen molar-refractivity contribution >= 4 is 11.6 Å². The van der Waals surface area contributed by atoms with Crippen molar-refractivity contribution in [3.8, 4) is 0 Å². The van der Waals surface area contributed by atoms with Gasteiger partial charge in [-0.05, 0) is 20.3 Å². The van der Waals surface area contributed by atoms with Crippen LogP contribution in [-0.4, -0.2) is 26.1 Å². The summed E-state index contributed by atoms with van der Waals surface area (Å²) >= 11 is 0. The van der Waals surface area contributed by atoms with Crippen molar-refractivity contribution in [2.45, 2.75) is 26.8 Å². The number of nitrogens with one attached hydrogen (secondary N) is 2. The third-order valence-electron chi connectivity index (χ3n) is 2.84. The van der Waals surface area contributed by atoms with E-state index in [1.165, 1.54) is 0 Å². The molecule has 2 aromatic heterocycles. The Morgan fingerprint density at radius 1 is 1.26 bits per heavy atom. The maximum atomic E-state index is 5.43. The number of hydrogen-bond donors (Lipinski definition) is 3. The van der Waals surface area contributed by atoms with Crippen LogP contribution in [0.1, 0.15) is 17.8 Å². The molecule has 2 rings (SSSR count). The Morgan fingerprint density at radius 2 is 2.05 bits per heavy atom. The van der Waals surface area contributed by atoms with Crippen LogP contribution in [0.25, 0.3) is 0 Å². The third-order valence-corrected chi connectivity index (χ3v) is 2.84. The number of aromatic nitrogens is 4. The van der Waals surface area contributed by atoms with Crippen LogP contribution in [0.3, 0.4) is 0 Å². The molecule has 0 aromatic carbocycles. The topological polar surface area (TPSA) is 93.7 Å².